The predicted octanol–water partition coefficient (Wildman–Crippen LogP) is 0.741. The number of hydrogen-bond acceptors (Lipinski definition) is 5. The van der Waals surface area contributed by atoms with Gasteiger partial charge < -0.3 is 20.0 Å². The standard InChI is InChI=1S/C16H23N7O2/c1-3-17-16(19-11-6-7-14(24)23(2)10-11)18-9-13-20-15(22-21-13)12-5-4-8-25-12/h4-5,8,11H,3,6-7,9-10H2,1-2H3,(H2,17,18,19)(H,20,21,22). The van der Waals surface area contributed by atoms with Crippen molar-refractivity contribution >= 4 is 11.9 Å². The maximum absolute atomic E-state index is 11.6. The van der Waals surface area contributed by atoms with Crippen LogP contribution in [0.3, 0.4) is 0 Å². The smallest absolute Gasteiger partial charge is 0.222 e. The minimum Gasteiger partial charge on any atom is -0.461 e. The lowest BCUT2D eigenvalue weighted by molar-refractivity contribution is -0.132. The minimum atomic E-state index is 0.187. The molecule has 1 unspecified atom stereocenters. The monoisotopic (exact) mass is 345 g/mol. The molecule has 1 saturated heterocycles. The van der Waals surface area contributed by atoms with Gasteiger partial charge in [0.25, 0.3) is 0 Å². The summed E-state index contributed by atoms with van der Waals surface area (Å²) < 4.78 is 5.28. The van der Waals surface area contributed by atoms with E-state index in [9.17, 15) is 4.79 Å². The molecule has 1 amide bonds. The van der Waals surface area contributed by atoms with Crippen LogP contribution in [-0.2, 0) is 11.3 Å². The molecule has 1 aliphatic rings. The summed E-state index contributed by atoms with van der Waals surface area (Å²) in [5.41, 5.74) is 0. The van der Waals surface area contributed by atoms with Gasteiger partial charge in [-0.3, -0.25) is 9.89 Å². The third-order valence-electron chi connectivity index (χ3n) is 3.97. The summed E-state index contributed by atoms with van der Waals surface area (Å²) in [5.74, 6) is 2.67. The first-order valence-electron chi connectivity index (χ1n) is 8.39. The van der Waals surface area contributed by atoms with Crippen molar-refractivity contribution in [3.8, 4) is 11.6 Å². The molecule has 3 rings (SSSR count). The van der Waals surface area contributed by atoms with Gasteiger partial charge in [-0.2, -0.15) is 0 Å². The molecule has 3 N–H and O–H groups in total. The molecule has 2 aromatic rings. The zero-order valence-corrected chi connectivity index (χ0v) is 14.5. The number of likely N-dealkylation sites (N-methyl/N-ethyl adjacent to an activating group) is 1. The highest BCUT2D eigenvalue weighted by Crippen LogP contribution is 2.14. The SMILES string of the molecule is CCNC(=NCc1nc(-c2ccco2)n[nH]1)NC1CCC(=O)N(C)C1. The van der Waals surface area contributed by atoms with Gasteiger partial charge in [0.05, 0.1) is 6.26 Å². The molecule has 0 aromatic carbocycles. The Hall–Kier alpha value is -2.84. The number of H-pyrrole nitrogens is 1. The van der Waals surface area contributed by atoms with Crippen molar-refractivity contribution < 1.29 is 9.21 Å². The number of likely N-dealkylation sites (tertiary alicyclic amines) is 1. The van der Waals surface area contributed by atoms with Gasteiger partial charge in [-0.25, -0.2) is 9.98 Å². The quantitative estimate of drug-likeness (QED) is 0.544. The average molecular weight is 345 g/mol. The summed E-state index contributed by atoms with van der Waals surface area (Å²) in [4.78, 5) is 22.3. The average Bonchev–Trinajstić information content (AvgIpc) is 3.27. The van der Waals surface area contributed by atoms with Gasteiger partial charge >= 0.3 is 0 Å². The third-order valence-corrected chi connectivity index (χ3v) is 3.97. The number of rotatable bonds is 5. The van der Waals surface area contributed by atoms with Crippen molar-refractivity contribution in [2.24, 2.45) is 4.99 Å². The number of carbonyl (C=O) groups is 1. The second-order valence-electron chi connectivity index (χ2n) is 5.93. The zero-order valence-electron chi connectivity index (χ0n) is 14.5. The Kier molecular flexibility index (Phi) is 5.32. The third kappa shape index (κ3) is 4.37. The summed E-state index contributed by atoms with van der Waals surface area (Å²) in [6.45, 7) is 3.80. The van der Waals surface area contributed by atoms with Crippen LogP contribution in [0, 0.1) is 0 Å². The summed E-state index contributed by atoms with van der Waals surface area (Å²) in [5, 5.41) is 13.6. The van der Waals surface area contributed by atoms with E-state index in [1.165, 1.54) is 0 Å². The Morgan fingerprint density at radius 2 is 2.44 bits per heavy atom. The lowest BCUT2D eigenvalue weighted by atomic mass is 10.1. The van der Waals surface area contributed by atoms with E-state index in [0.29, 0.717) is 42.9 Å². The summed E-state index contributed by atoms with van der Waals surface area (Å²) >= 11 is 0. The first-order chi connectivity index (χ1) is 12.2. The molecule has 0 aliphatic carbocycles. The number of aliphatic imine (C=N–C) groups is 1. The molecule has 25 heavy (non-hydrogen) atoms. The van der Waals surface area contributed by atoms with Crippen molar-refractivity contribution in [1.29, 1.82) is 0 Å². The number of aromatic nitrogens is 3. The number of furan rings is 1. The molecule has 9 nitrogen and oxygen atoms in total. The molecular formula is C16H23N7O2. The number of piperidine rings is 1. The molecule has 134 valence electrons. The van der Waals surface area contributed by atoms with Crippen LogP contribution >= 0.6 is 0 Å². The number of carbonyl (C=O) groups excluding carboxylic acids is 1. The molecule has 2 aromatic heterocycles. The Labute approximate surface area is 145 Å². The van der Waals surface area contributed by atoms with Crippen LogP contribution in [0.2, 0.25) is 0 Å². The normalized spacial score (nSPS) is 18.5. The lowest BCUT2D eigenvalue weighted by Crippen LogP contribution is -2.51. The van der Waals surface area contributed by atoms with E-state index < -0.39 is 0 Å². The fraction of sp³-hybridized carbons (Fsp3) is 0.500. The zero-order chi connectivity index (χ0) is 17.6. The maximum atomic E-state index is 11.6. The Balaban J connectivity index is 1.61. The van der Waals surface area contributed by atoms with E-state index in [-0.39, 0.29) is 11.9 Å². The van der Waals surface area contributed by atoms with E-state index in [1.54, 1.807) is 17.2 Å². The Morgan fingerprint density at radius 3 is 3.16 bits per heavy atom. The van der Waals surface area contributed by atoms with Gasteiger partial charge in [0.2, 0.25) is 11.7 Å². The van der Waals surface area contributed by atoms with E-state index in [4.69, 9.17) is 4.42 Å². The summed E-state index contributed by atoms with van der Waals surface area (Å²) in [6.07, 6.45) is 2.95. The van der Waals surface area contributed by atoms with Crippen molar-refractivity contribution in [3.05, 3.63) is 24.2 Å². The maximum Gasteiger partial charge on any atom is 0.222 e. The van der Waals surface area contributed by atoms with Gasteiger partial charge in [-0.15, -0.1) is 5.10 Å². The predicted molar refractivity (Wildman–Crippen MR) is 92.7 cm³/mol. The fourth-order valence-corrected chi connectivity index (χ4v) is 2.68. The molecule has 0 bridgehead atoms. The second kappa shape index (κ2) is 7.82. The first kappa shape index (κ1) is 17.0. The lowest BCUT2D eigenvalue weighted by Gasteiger charge is -2.31. The van der Waals surface area contributed by atoms with Crippen molar-refractivity contribution in [2.75, 3.05) is 20.1 Å². The van der Waals surface area contributed by atoms with Gasteiger partial charge in [0.1, 0.15) is 12.4 Å². The molecule has 0 saturated carbocycles. The van der Waals surface area contributed by atoms with Gasteiger partial charge in [0, 0.05) is 32.6 Å². The highest BCUT2D eigenvalue weighted by Gasteiger charge is 2.23. The molecule has 1 fully saturated rings. The number of nitrogens with zero attached hydrogens (tertiary/aromatic N) is 4. The van der Waals surface area contributed by atoms with Crippen LogP contribution in [0.15, 0.2) is 27.8 Å². The topological polar surface area (TPSA) is 111 Å². The van der Waals surface area contributed by atoms with Crippen molar-refractivity contribution in [3.63, 3.8) is 0 Å². The molecule has 3 heterocycles. The Morgan fingerprint density at radius 1 is 1.56 bits per heavy atom. The highest BCUT2D eigenvalue weighted by atomic mass is 16.3. The summed E-state index contributed by atoms with van der Waals surface area (Å²) in [6, 6.07) is 3.79. The molecule has 0 spiro atoms. The fourth-order valence-electron chi connectivity index (χ4n) is 2.68. The van der Waals surface area contributed by atoms with Crippen LogP contribution < -0.4 is 10.6 Å². The molecule has 9 heteroatoms. The number of hydrogen-bond donors (Lipinski definition) is 3. The van der Waals surface area contributed by atoms with Crippen LogP contribution in [0.4, 0.5) is 0 Å². The van der Waals surface area contributed by atoms with E-state index in [1.807, 2.05) is 20.0 Å². The second-order valence-corrected chi connectivity index (χ2v) is 5.93. The first-order valence-corrected chi connectivity index (χ1v) is 8.39. The van der Waals surface area contributed by atoms with Crippen LogP contribution in [0.25, 0.3) is 11.6 Å². The van der Waals surface area contributed by atoms with Crippen molar-refractivity contribution in [2.45, 2.75) is 32.4 Å². The van der Waals surface area contributed by atoms with Gasteiger partial charge in [-0.05, 0) is 25.5 Å². The molecule has 1 atom stereocenters. The highest BCUT2D eigenvalue weighted by molar-refractivity contribution is 5.81. The van der Waals surface area contributed by atoms with Gasteiger partial charge in [0.15, 0.2) is 11.7 Å². The number of amides is 1. The molecular weight excluding hydrogens is 322 g/mol. The van der Waals surface area contributed by atoms with Crippen LogP contribution in [0.1, 0.15) is 25.6 Å². The summed E-state index contributed by atoms with van der Waals surface area (Å²) in [7, 11) is 1.82. The van der Waals surface area contributed by atoms with Crippen LogP contribution in [0.5, 0.6) is 0 Å². The van der Waals surface area contributed by atoms with E-state index in [0.717, 1.165) is 13.0 Å². The molecule has 1 aliphatic heterocycles. The van der Waals surface area contributed by atoms with Crippen molar-refractivity contribution in [1.82, 2.24) is 30.7 Å². The number of nitrogens with one attached hydrogen (secondary N) is 3. The van der Waals surface area contributed by atoms with E-state index in [2.05, 4.69) is 30.8 Å². The number of aromatic amines is 1. The minimum absolute atomic E-state index is 0.187. The Bertz CT molecular complexity index is 723. The van der Waals surface area contributed by atoms with Crippen LogP contribution in [-0.4, -0.2) is 58.1 Å². The number of guanidine groups is 1. The van der Waals surface area contributed by atoms with Gasteiger partial charge in [-0.1, -0.05) is 0 Å². The van der Waals surface area contributed by atoms with E-state index >= 15 is 0 Å². The molecule has 0 radical (unpaired) electrons. The largest absolute Gasteiger partial charge is 0.461 e.